The lowest BCUT2D eigenvalue weighted by Gasteiger charge is -2.10. The summed E-state index contributed by atoms with van der Waals surface area (Å²) in [6, 6.07) is 13.1. The molecular formula is C18H16IN3O2S. The number of halogens is 1. The first-order valence-corrected chi connectivity index (χ1v) is 9.66. The molecule has 1 aromatic heterocycles. The first kappa shape index (κ1) is 17.9. The molecule has 1 amide bonds. The quantitative estimate of drug-likeness (QED) is 0.364. The highest BCUT2D eigenvalue weighted by molar-refractivity contribution is 14.1. The third kappa shape index (κ3) is 4.04. The Labute approximate surface area is 163 Å². The standard InChI is InChI=1S/C18H16IN3O2S/c1-11-9-12(19)7-8-14(11)20-16(23)10-25-18-21-15-6-4-3-5-13(15)17(24)22(18)2/h3-9H,10H2,1-2H3,(H,20,23). The van der Waals surface area contributed by atoms with Gasteiger partial charge in [-0.1, -0.05) is 23.9 Å². The van der Waals surface area contributed by atoms with E-state index in [1.54, 1.807) is 19.2 Å². The average molecular weight is 465 g/mol. The van der Waals surface area contributed by atoms with Gasteiger partial charge in [-0.05, 0) is 65.4 Å². The van der Waals surface area contributed by atoms with Crippen LogP contribution in [0, 0.1) is 10.5 Å². The summed E-state index contributed by atoms with van der Waals surface area (Å²) in [5.74, 6) is 0.0565. The third-order valence-electron chi connectivity index (χ3n) is 3.74. The lowest BCUT2D eigenvalue weighted by atomic mass is 10.2. The Hall–Kier alpha value is -1.87. The topological polar surface area (TPSA) is 64.0 Å². The van der Waals surface area contributed by atoms with Crippen molar-refractivity contribution in [2.24, 2.45) is 7.05 Å². The molecule has 0 unspecified atom stereocenters. The van der Waals surface area contributed by atoms with E-state index in [-0.39, 0.29) is 17.2 Å². The average Bonchev–Trinajstić information content (AvgIpc) is 2.59. The number of hydrogen-bond donors (Lipinski definition) is 1. The van der Waals surface area contributed by atoms with Gasteiger partial charge in [0.25, 0.3) is 5.56 Å². The number of rotatable bonds is 4. The zero-order chi connectivity index (χ0) is 18.0. The highest BCUT2D eigenvalue weighted by Crippen LogP contribution is 2.20. The number of para-hydroxylation sites is 1. The van der Waals surface area contributed by atoms with Gasteiger partial charge in [0, 0.05) is 16.3 Å². The molecule has 128 valence electrons. The number of benzene rings is 2. The first-order chi connectivity index (χ1) is 12.0. The molecule has 0 saturated heterocycles. The summed E-state index contributed by atoms with van der Waals surface area (Å²) in [6.45, 7) is 1.96. The maximum atomic E-state index is 12.4. The van der Waals surface area contributed by atoms with Crippen LogP contribution in [0.25, 0.3) is 10.9 Å². The van der Waals surface area contributed by atoms with Gasteiger partial charge in [-0.25, -0.2) is 4.98 Å². The Morgan fingerprint density at radius 3 is 2.80 bits per heavy atom. The van der Waals surface area contributed by atoms with Crippen LogP contribution in [0.1, 0.15) is 5.56 Å². The molecule has 0 radical (unpaired) electrons. The molecule has 0 aliphatic rings. The molecule has 0 aliphatic heterocycles. The second-order valence-electron chi connectivity index (χ2n) is 5.57. The number of nitrogens with one attached hydrogen (secondary N) is 1. The van der Waals surface area contributed by atoms with Crippen molar-refractivity contribution in [3.05, 3.63) is 62.0 Å². The van der Waals surface area contributed by atoms with E-state index in [1.807, 2.05) is 37.3 Å². The number of fused-ring (bicyclic) bond motifs is 1. The lowest BCUT2D eigenvalue weighted by Crippen LogP contribution is -2.21. The summed E-state index contributed by atoms with van der Waals surface area (Å²) in [7, 11) is 1.67. The summed E-state index contributed by atoms with van der Waals surface area (Å²) in [5.41, 5.74) is 2.34. The molecule has 1 N–H and O–H groups in total. The molecule has 3 rings (SSSR count). The maximum absolute atomic E-state index is 12.4. The van der Waals surface area contributed by atoms with Gasteiger partial charge in [-0.2, -0.15) is 0 Å². The molecule has 3 aromatic rings. The Morgan fingerprint density at radius 1 is 1.28 bits per heavy atom. The Morgan fingerprint density at radius 2 is 2.04 bits per heavy atom. The van der Waals surface area contributed by atoms with E-state index < -0.39 is 0 Å². The number of anilines is 1. The van der Waals surface area contributed by atoms with E-state index in [4.69, 9.17) is 0 Å². The molecule has 0 atom stereocenters. The van der Waals surface area contributed by atoms with Gasteiger partial charge in [-0.15, -0.1) is 0 Å². The smallest absolute Gasteiger partial charge is 0.261 e. The molecule has 0 saturated carbocycles. The van der Waals surface area contributed by atoms with E-state index in [1.165, 1.54) is 16.3 Å². The van der Waals surface area contributed by atoms with Gasteiger partial charge in [0.1, 0.15) is 0 Å². The zero-order valence-electron chi connectivity index (χ0n) is 13.7. The van der Waals surface area contributed by atoms with E-state index in [0.29, 0.717) is 16.1 Å². The maximum Gasteiger partial charge on any atom is 0.261 e. The van der Waals surface area contributed by atoms with Crippen molar-refractivity contribution in [1.82, 2.24) is 9.55 Å². The van der Waals surface area contributed by atoms with E-state index >= 15 is 0 Å². The van der Waals surface area contributed by atoms with Crippen LogP contribution in [-0.4, -0.2) is 21.2 Å². The van der Waals surface area contributed by atoms with Crippen LogP contribution in [0.5, 0.6) is 0 Å². The van der Waals surface area contributed by atoms with Crippen molar-refractivity contribution in [1.29, 1.82) is 0 Å². The summed E-state index contributed by atoms with van der Waals surface area (Å²) in [6.07, 6.45) is 0. The van der Waals surface area contributed by atoms with Gasteiger partial charge in [0.15, 0.2) is 5.16 Å². The van der Waals surface area contributed by atoms with Crippen LogP contribution < -0.4 is 10.9 Å². The van der Waals surface area contributed by atoms with Crippen molar-refractivity contribution in [3.8, 4) is 0 Å². The van der Waals surface area contributed by atoms with Crippen LogP contribution >= 0.6 is 34.4 Å². The Bertz CT molecular complexity index is 1020. The minimum absolute atomic E-state index is 0.109. The van der Waals surface area contributed by atoms with Gasteiger partial charge in [0.05, 0.1) is 16.7 Å². The predicted molar refractivity (Wildman–Crippen MR) is 110 cm³/mol. The number of carbonyl (C=O) groups is 1. The molecule has 1 heterocycles. The number of thioether (sulfide) groups is 1. The van der Waals surface area contributed by atoms with Gasteiger partial charge in [0.2, 0.25) is 5.91 Å². The number of aryl methyl sites for hydroxylation is 1. The van der Waals surface area contributed by atoms with Crippen LogP contribution in [0.3, 0.4) is 0 Å². The predicted octanol–water partition coefficient (Wildman–Crippen LogP) is 3.58. The number of aromatic nitrogens is 2. The van der Waals surface area contributed by atoms with E-state index in [9.17, 15) is 9.59 Å². The fraction of sp³-hybridized carbons (Fsp3) is 0.167. The van der Waals surface area contributed by atoms with Crippen LogP contribution in [-0.2, 0) is 11.8 Å². The summed E-state index contributed by atoms with van der Waals surface area (Å²) in [4.78, 5) is 29.1. The molecule has 0 spiro atoms. The number of nitrogens with zero attached hydrogens (tertiary/aromatic N) is 2. The summed E-state index contributed by atoms with van der Waals surface area (Å²) < 4.78 is 2.61. The summed E-state index contributed by atoms with van der Waals surface area (Å²) >= 11 is 3.49. The normalized spacial score (nSPS) is 10.8. The SMILES string of the molecule is Cc1cc(I)ccc1NC(=O)CSc1nc2ccccc2c(=O)n1C. The van der Waals surface area contributed by atoms with Crippen LogP contribution in [0.4, 0.5) is 5.69 Å². The highest BCUT2D eigenvalue weighted by atomic mass is 127. The van der Waals surface area contributed by atoms with Gasteiger partial charge in [-0.3, -0.25) is 14.2 Å². The number of amides is 1. The number of carbonyl (C=O) groups excluding carboxylic acids is 1. The largest absolute Gasteiger partial charge is 0.325 e. The monoisotopic (exact) mass is 465 g/mol. The second kappa shape index (κ2) is 7.57. The van der Waals surface area contributed by atoms with Crippen molar-refractivity contribution in [2.45, 2.75) is 12.1 Å². The molecule has 0 bridgehead atoms. The molecule has 5 nitrogen and oxygen atoms in total. The lowest BCUT2D eigenvalue weighted by molar-refractivity contribution is -0.113. The van der Waals surface area contributed by atoms with Crippen molar-refractivity contribution >= 4 is 56.9 Å². The minimum Gasteiger partial charge on any atom is -0.325 e. The summed E-state index contributed by atoms with van der Waals surface area (Å²) in [5, 5.41) is 4.00. The van der Waals surface area contributed by atoms with Crippen molar-refractivity contribution in [3.63, 3.8) is 0 Å². The van der Waals surface area contributed by atoms with Crippen LogP contribution in [0.15, 0.2) is 52.4 Å². The fourth-order valence-corrected chi connectivity index (χ4v) is 3.83. The van der Waals surface area contributed by atoms with Crippen LogP contribution in [0.2, 0.25) is 0 Å². The van der Waals surface area contributed by atoms with E-state index in [0.717, 1.165) is 14.8 Å². The van der Waals surface area contributed by atoms with Crippen molar-refractivity contribution in [2.75, 3.05) is 11.1 Å². The Balaban J connectivity index is 1.75. The van der Waals surface area contributed by atoms with Gasteiger partial charge >= 0.3 is 0 Å². The van der Waals surface area contributed by atoms with E-state index in [2.05, 4.69) is 32.9 Å². The fourth-order valence-electron chi connectivity index (χ4n) is 2.41. The van der Waals surface area contributed by atoms with Gasteiger partial charge < -0.3 is 5.32 Å². The Kier molecular flexibility index (Phi) is 5.43. The zero-order valence-corrected chi connectivity index (χ0v) is 16.7. The molecule has 7 heteroatoms. The molecule has 2 aromatic carbocycles. The molecular weight excluding hydrogens is 449 g/mol. The molecule has 0 aliphatic carbocycles. The number of hydrogen-bond acceptors (Lipinski definition) is 4. The highest BCUT2D eigenvalue weighted by Gasteiger charge is 2.11. The second-order valence-corrected chi connectivity index (χ2v) is 7.76. The third-order valence-corrected chi connectivity index (χ3v) is 5.44. The van der Waals surface area contributed by atoms with Crippen molar-refractivity contribution < 1.29 is 4.79 Å². The molecule has 0 fully saturated rings. The minimum atomic E-state index is -0.128. The first-order valence-electron chi connectivity index (χ1n) is 7.60. The molecule has 25 heavy (non-hydrogen) atoms.